The lowest BCUT2D eigenvalue weighted by atomic mass is 9.95. The predicted molar refractivity (Wildman–Crippen MR) is 300 cm³/mol. The van der Waals surface area contributed by atoms with E-state index in [2.05, 4.69) is 304 Å². The van der Waals surface area contributed by atoms with Gasteiger partial charge in [0.25, 0.3) is 0 Å². The monoisotopic (exact) mass is 900 g/mol. The van der Waals surface area contributed by atoms with Crippen molar-refractivity contribution in [3.8, 4) is 11.1 Å². The van der Waals surface area contributed by atoms with Crippen LogP contribution in [0.2, 0.25) is 0 Å². The van der Waals surface area contributed by atoms with Gasteiger partial charge in [0.05, 0.1) is 0 Å². The van der Waals surface area contributed by atoms with Gasteiger partial charge in [0.2, 0.25) is 0 Å². The summed E-state index contributed by atoms with van der Waals surface area (Å²) in [7, 11) is 0. The van der Waals surface area contributed by atoms with Crippen LogP contribution in [0.1, 0.15) is 55.6 Å². The Morgan fingerprint density at radius 3 is 0.757 bits per heavy atom. The van der Waals surface area contributed by atoms with Crippen molar-refractivity contribution in [2.45, 2.75) is 27.7 Å². The van der Waals surface area contributed by atoms with Gasteiger partial charge in [0.15, 0.2) is 0 Å². The maximum absolute atomic E-state index is 2.34. The Morgan fingerprint density at radius 1 is 0.243 bits per heavy atom. The summed E-state index contributed by atoms with van der Waals surface area (Å²) >= 11 is 0. The van der Waals surface area contributed by atoms with Crippen molar-refractivity contribution < 1.29 is 0 Å². The van der Waals surface area contributed by atoms with Crippen molar-refractivity contribution in [3.05, 3.63) is 310 Å². The van der Waals surface area contributed by atoms with Gasteiger partial charge in [-0.2, -0.15) is 0 Å². The van der Waals surface area contributed by atoms with Crippen LogP contribution < -0.4 is 9.80 Å². The molecule has 0 amide bonds. The Morgan fingerprint density at radius 2 is 0.471 bits per heavy atom. The molecule has 0 unspecified atom stereocenters. The second kappa shape index (κ2) is 20.7. The fraction of sp³-hybridized carbons (Fsp3) is 0.0588. The second-order valence-corrected chi connectivity index (χ2v) is 18.2. The Bertz CT molecular complexity index is 3120. The normalized spacial score (nSPS) is 11.6. The van der Waals surface area contributed by atoms with Gasteiger partial charge in [0, 0.05) is 34.1 Å². The van der Waals surface area contributed by atoms with Crippen LogP contribution in [0, 0.1) is 27.7 Å². The first-order valence-electron chi connectivity index (χ1n) is 24.1. The van der Waals surface area contributed by atoms with E-state index >= 15 is 0 Å². The lowest BCUT2D eigenvalue weighted by molar-refractivity contribution is 1.27. The van der Waals surface area contributed by atoms with Gasteiger partial charge in [-0.25, -0.2) is 0 Å². The minimum Gasteiger partial charge on any atom is -0.311 e. The molecule has 0 N–H and O–H groups in total. The molecule has 70 heavy (non-hydrogen) atoms. The summed E-state index contributed by atoms with van der Waals surface area (Å²) in [6, 6.07) is 92.2. The Hall–Kier alpha value is -8.72. The summed E-state index contributed by atoms with van der Waals surface area (Å²) in [5.74, 6) is 0. The fourth-order valence-electron chi connectivity index (χ4n) is 9.03. The highest BCUT2D eigenvalue weighted by Crippen LogP contribution is 2.39. The number of rotatable bonds is 13. The van der Waals surface area contributed by atoms with E-state index in [1.54, 1.807) is 0 Å². The van der Waals surface area contributed by atoms with Gasteiger partial charge in [-0.3, -0.25) is 0 Å². The molecular formula is C68H56N2. The number of benzene rings is 10. The molecule has 10 aromatic rings. The molecule has 0 atom stereocenters. The highest BCUT2D eigenvalue weighted by Gasteiger charge is 2.16. The molecule has 0 radical (unpaired) electrons. The topological polar surface area (TPSA) is 6.48 Å². The average Bonchev–Trinajstić information content (AvgIpc) is 3.41. The van der Waals surface area contributed by atoms with Crippen molar-refractivity contribution in [2.24, 2.45) is 0 Å². The molecule has 2 nitrogen and oxygen atoms in total. The maximum atomic E-state index is 2.34. The molecule has 0 aromatic heterocycles. The van der Waals surface area contributed by atoms with Gasteiger partial charge in [-0.15, -0.1) is 0 Å². The zero-order valence-corrected chi connectivity index (χ0v) is 40.3. The van der Waals surface area contributed by atoms with E-state index in [-0.39, 0.29) is 0 Å². The lowest BCUT2D eigenvalue weighted by Crippen LogP contribution is -2.10. The first-order chi connectivity index (χ1) is 34.3. The second-order valence-electron chi connectivity index (χ2n) is 18.2. The molecule has 0 aliphatic rings. The van der Waals surface area contributed by atoms with Crippen molar-refractivity contribution in [1.82, 2.24) is 0 Å². The minimum atomic E-state index is 1.09. The number of nitrogens with zero attached hydrogens (tertiary/aromatic N) is 2. The summed E-state index contributed by atoms with van der Waals surface area (Å²) in [4.78, 5) is 4.67. The molecule has 0 aliphatic heterocycles. The highest BCUT2D eigenvalue weighted by molar-refractivity contribution is 5.93. The van der Waals surface area contributed by atoms with Crippen LogP contribution in [0.15, 0.2) is 255 Å². The van der Waals surface area contributed by atoms with Crippen LogP contribution >= 0.6 is 0 Å². The molecule has 10 rings (SSSR count). The quantitative estimate of drug-likeness (QED) is 0.106. The zero-order chi connectivity index (χ0) is 47.8. The summed E-state index contributed by atoms with van der Waals surface area (Å²) in [6.07, 6.45) is 4.59. The van der Waals surface area contributed by atoms with Crippen LogP contribution in [0.4, 0.5) is 34.1 Å². The Kier molecular flexibility index (Phi) is 13.3. The highest BCUT2D eigenvalue weighted by atomic mass is 15.1. The van der Waals surface area contributed by atoms with Crippen molar-refractivity contribution in [2.75, 3.05) is 9.80 Å². The van der Waals surface area contributed by atoms with Gasteiger partial charge in [-0.05, 0) is 168 Å². The Labute approximate surface area is 414 Å². The summed E-state index contributed by atoms with van der Waals surface area (Å²) < 4.78 is 0. The number of hydrogen-bond donors (Lipinski definition) is 0. The largest absolute Gasteiger partial charge is 0.311 e. The molecule has 338 valence electrons. The molecule has 0 spiro atoms. The SMILES string of the molecule is Cc1ccc(/C(=C\c2ccc(N(c3ccc(C)cc3)c3ccc(-c4ccc(N(c5ccc(C)cc5)c5ccc(/C=C(/c6ccccc6)c6ccc(C)cc6)cc5)cc4)cc3)cc2)c2ccccc2)cc1. The number of hydrogen-bond acceptors (Lipinski definition) is 2. The molecular weight excluding hydrogens is 845 g/mol. The van der Waals surface area contributed by atoms with Gasteiger partial charge in [0.1, 0.15) is 0 Å². The third kappa shape index (κ3) is 10.4. The van der Waals surface area contributed by atoms with Crippen molar-refractivity contribution in [1.29, 1.82) is 0 Å². The van der Waals surface area contributed by atoms with Crippen molar-refractivity contribution >= 4 is 57.4 Å². The van der Waals surface area contributed by atoms with E-state index < -0.39 is 0 Å². The van der Waals surface area contributed by atoms with E-state index in [9.17, 15) is 0 Å². The summed E-state index contributed by atoms with van der Waals surface area (Å²) in [6.45, 7) is 8.54. The molecule has 0 fully saturated rings. The van der Waals surface area contributed by atoms with Crippen LogP contribution in [0.25, 0.3) is 34.4 Å². The summed E-state index contributed by atoms with van der Waals surface area (Å²) in [5.41, 5.74) is 23.4. The first kappa shape index (κ1) is 45.1. The van der Waals surface area contributed by atoms with Crippen LogP contribution in [0.5, 0.6) is 0 Å². The van der Waals surface area contributed by atoms with Crippen LogP contribution in [0.3, 0.4) is 0 Å². The predicted octanol–water partition coefficient (Wildman–Crippen LogP) is 18.7. The maximum Gasteiger partial charge on any atom is 0.0462 e. The van der Waals surface area contributed by atoms with E-state index in [4.69, 9.17) is 0 Å². The zero-order valence-electron chi connectivity index (χ0n) is 40.3. The van der Waals surface area contributed by atoms with E-state index in [0.717, 1.165) is 56.4 Å². The van der Waals surface area contributed by atoms with Crippen LogP contribution in [-0.4, -0.2) is 0 Å². The fourth-order valence-corrected chi connectivity index (χ4v) is 9.03. The molecule has 0 heterocycles. The third-order valence-corrected chi connectivity index (χ3v) is 13.0. The molecule has 10 aromatic carbocycles. The van der Waals surface area contributed by atoms with E-state index in [0.29, 0.717) is 0 Å². The summed E-state index contributed by atoms with van der Waals surface area (Å²) in [5, 5.41) is 0. The van der Waals surface area contributed by atoms with Crippen molar-refractivity contribution in [3.63, 3.8) is 0 Å². The number of anilines is 6. The van der Waals surface area contributed by atoms with E-state index in [1.165, 1.54) is 55.7 Å². The third-order valence-electron chi connectivity index (χ3n) is 13.0. The molecule has 0 bridgehead atoms. The molecule has 0 saturated heterocycles. The van der Waals surface area contributed by atoms with Crippen LogP contribution in [-0.2, 0) is 0 Å². The standard InChI is InChI=1S/C68H56N2/c1-49-15-27-59(28-16-49)67(57-11-7-5-8-12-57)47-53-23-39-63(40-24-53)69(61-35-19-51(3)20-36-61)65-43-31-55(32-44-65)56-33-45-66(46-34-56)70(62-37-21-52(4)22-38-62)64-41-25-54(26-42-64)48-68(58-13-9-6-10-14-58)60-29-17-50(2)18-30-60/h5-48H,1-4H3/b67-47-,68-48-. The Balaban J connectivity index is 0.932. The minimum absolute atomic E-state index is 1.09. The smallest absolute Gasteiger partial charge is 0.0462 e. The first-order valence-corrected chi connectivity index (χ1v) is 24.1. The number of aryl methyl sites for hydroxylation is 4. The van der Waals surface area contributed by atoms with Gasteiger partial charge < -0.3 is 9.80 Å². The molecule has 0 aliphatic carbocycles. The molecule has 2 heteroatoms. The van der Waals surface area contributed by atoms with Gasteiger partial charge >= 0.3 is 0 Å². The average molecular weight is 901 g/mol. The van der Waals surface area contributed by atoms with E-state index in [1.807, 2.05) is 0 Å². The van der Waals surface area contributed by atoms with Gasteiger partial charge in [-0.1, -0.05) is 204 Å². The molecule has 0 saturated carbocycles. The lowest BCUT2D eigenvalue weighted by Gasteiger charge is -2.26.